The normalized spacial score (nSPS) is 12.2. The zero-order chi connectivity index (χ0) is 27.8. The van der Waals surface area contributed by atoms with E-state index in [0.29, 0.717) is 5.52 Å². The molecule has 2 heterocycles. The lowest BCUT2D eigenvalue weighted by Crippen LogP contribution is -2.32. The van der Waals surface area contributed by atoms with Crippen molar-refractivity contribution in [3.8, 4) is 16.9 Å². The van der Waals surface area contributed by atoms with Crippen LogP contribution in [0.5, 0.6) is 0 Å². The van der Waals surface area contributed by atoms with E-state index in [9.17, 15) is 0 Å². The molecule has 40 heavy (non-hydrogen) atoms. The molecule has 0 fully saturated rings. The van der Waals surface area contributed by atoms with Crippen molar-refractivity contribution < 1.29 is 8.96 Å². The van der Waals surface area contributed by atoms with Crippen LogP contribution in [0.1, 0.15) is 31.9 Å². The smallest absolute Gasteiger partial charge is 0.213 e. The number of para-hydroxylation sites is 2. The molecule has 2 aromatic heterocycles. The highest BCUT2D eigenvalue weighted by atomic mass is 19.1. The lowest BCUT2D eigenvalue weighted by molar-refractivity contribution is -0.633. The predicted molar refractivity (Wildman–Crippen MR) is 166 cm³/mol. The van der Waals surface area contributed by atoms with Crippen LogP contribution in [0.3, 0.4) is 0 Å². The molecule has 0 aliphatic heterocycles. The minimum atomic E-state index is -0.212. The third-order valence-corrected chi connectivity index (χ3v) is 8.46. The second-order valence-electron chi connectivity index (χ2n) is 11.9. The van der Waals surface area contributed by atoms with Gasteiger partial charge in [0.15, 0.2) is 0 Å². The van der Waals surface area contributed by atoms with Gasteiger partial charge >= 0.3 is 0 Å². The minimum Gasteiger partial charge on any atom is -0.306 e. The summed E-state index contributed by atoms with van der Waals surface area (Å²) < 4.78 is 19.6. The summed E-state index contributed by atoms with van der Waals surface area (Å²) in [5.41, 5.74) is 8.79. The highest BCUT2D eigenvalue weighted by Gasteiger charge is 2.24. The molecule has 0 atom stereocenters. The summed E-state index contributed by atoms with van der Waals surface area (Å²) in [5.74, 6) is -0.212. The third-order valence-electron chi connectivity index (χ3n) is 8.46. The quantitative estimate of drug-likeness (QED) is 0.200. The van der Waals surface area contributed by atoms with Gasteiger partial charge < -0.3 is 4.57 Å². The summed E-state index contributed by atoms with van der Waals surface area (Å²) in [6.07, 6.45) is 0. The molecule has 3 heteroatoms. The SMILES string of the molecule is Cc1c(-c2ccc3cc(-n4c5ccccc5c5cccc(F)c54)ccc3[n+]2C)cc(C(C)(C)C)c2ccccc12. The highest BCUT2D eigenvalue weighted by molar-refractivity contribution is 6.09. The maximum atomic E-state index is 15.2. The first-order valence-electron chi connectivity index (χ1n) is 13.9. The van der Waals surface area contributed by atoms with E-state index in [1.807, 2.05) is 18.2 Å². The number of hydrogen-bond acceptors (Lipinski definition) is 0. The molecule has 0 saturated carbocycles. The summed E-state index contributed by atoms with van der Waals surface area (Å²) in [6, 6.07) is 35.5. The largest absolute Gasteiger partial charge is 0.306 e. The Morgan fingerprint density at radius 3 is 2.17 bits per heavy atom. The summed E-state index contributed by atoms with van der Waals surface area (Å²) in [7, 11) is 2.14. The molecule has 0 bridgehead atoms. The highest BCUT2D eigenvalue weighted by Crippen LogP contribution is 2.38. The summed E-state index contributed by atoms with van der Waals surface area (Å²) in [4.78, 5) is 0. The number of aryl methyl sites for hydroxylation is 2. The van der Waals surface area contributed by atoms with Gasteiger partial charge in [0.1, 0.15) is 12.9 Å². The number of halogens is 1. The number of fused-ring (bicyclic) bond motifs is 5. The average molecular weight is 524 g/mol. The van der Waals surface area contributed by atoms with Crippen LogP contribution in [0.4, 0.5) is 4.39 Å². The maximum absolute atomic E-state index is 15.2. The Morgan fingerprint density at radius 1 is 0.700 bits per heavy atom. The van der Waals surface area contributed by atoms with Crippen LogP contribution in [0.2, 0.25) is 0 Å². The van der Waals surface area contributed by atoms with Crippen LogP contribution < -0.4 is 4.57 Å². The Bertz CT molecular complexity index is 2130. The number of pyridine rings is 1. The topological polar surface area (TPSA) is 8.81 Å². The predicted octanol–water partition coefficient (Wildman–Crippen LogP) is 9.33. The molecular weight excluding hydrogens is 491 g/mol. The Hall–Kier alpha value is -4.50. The molecule has 0 spiro atoms. The summed E-state index contributed by atoms with van der Waals surface area (Å²) in [6.45, 7) is 9.09. The van der Waals surface area contributed by atoms with Gasteiger partial charge in [-0.05, 0) is 70.6 Å². The molecule has 0 saturated heterocycles. The monoisotopic (exact) mass is 523 g/mol. The standard InChI is InChI=1S/C37H32FN2/c1-23-26-11-6-7-12-27(26)31(37(2,3)4)22-30(23)34-19-17-24-21-25(18-20-33(24)39(34)5)40-35-16-9-8-13-28(35)29-14-10-15-32(38)36(29)40/h6-22H,1-5H3/q+1. The van der Waals surface area contributed by atoms with E-state index in [1.54, 1.807) is 12.1 Å². The third kappa shape index (κ3) is 3.57. The second-order valence-corrected chi connectivity index (χ2v) is 11.9. The first kappa shape index (κ1) is 24.5. The van der Waals surface area contributed by atoms with Crippen LogP contribution in [0.15, 0.2) is 103 Å². The van der Waals surface area contributed by atoms with E-state index < -0.39 is 0 Å². The lowest BCUT2D eigenvalue weighted by atomic mass is 9.80. The maximum Gasteiger partial charge on any atom is 0.213 e. The molecule has 0 aliphatic rings. The molecule has 0 aliphatic carbocycles. The molecule has 0 N–H and O–H groups in total. The van der Waals surface area contributed by atoms with Crippen LogP contribution in [-0.2, 0) is 12.5 Å². The first-order valence-corrected chi connectivity index (χ1v) is 13.9. The fourth-order valence-electron chi connectivity index (χ4n) is 6.45. The van der Waals surface area contributed by atoms with Crippen LogP contribution in [0, 0.1) is 12.7 Å². The second kappa shape index (κ2) is 8.76. The molecule has 0 radical (unpaired) electrons. The zero-order valence-electron chi connectivity index (χ0n) is 23.6. The van der Waals surface area contributed by atoms with Crippen molar-refractivity contribution in [1.82, 2.24) is 4.57 Å². The van der Waals surface area contributed by atoms with Gasteiger partial charge in [0.2, 0.25) is 11.2 Å². The fraction of sp³-hybridized carbons (Fsp3) is 0.162. The molecule has 7 aromatic rings. The van der Waals surface area contributed by atoms with E-state index in [4.69, 9.17) is 0 Å². The number of nitrogens with zero attached hydrogens (tertiary/aromatic N) is 2. The van der Waals surface area contributed by atoms with Gasteiger partial charge in [-0.15, -0.1) is 0 Å². The molecular formula is C37H32FN2+. The van der Waals surface area contributed by atoms with E-state index in [0.717, 1.165) is 32.9 Å². The van der Waals surface area contributed by atoms with E-state index in [1.165, 1.54) is 33.2 Å². The molecule has 196 valence electrons. The number of benzene rings is 5. The summed E-state index contributed by atoms with van der Waals surface area (Å²) in [5, 5.41) is 5.72. The zero-order valence-corrected chi connectivity index (χ0v) is 23.6. The molecule has 0 unspecified atom stereocenters. The Morgan fingerprint density at radius 2 is 1.40 bits per heavy atom. The Balaban J connectivity index is 1.45. The van der Waals surface area contributed by atoms with Crippen molar-refractivity contribution >= 4 is 43.5 Å². The van der Waals surface area contributed by atoms with E-state index in [2.05, 4.69) is 117 Å². The van der Waals surface area contributed by atoms with Gasteiger partial charge in [0.25, 0.3) is 0 Å². The lowest BCUT2D eigenvalue weighted by Gasteiger charge is -2.24. The van der Waals surface area contributed by atoms with Crippen molar-refractivity contribution in [1.29, 1.82) is 0 Å². The van der Waals surface area contributed by atoms with Crippen molar-refractivity contribution in [2.45, 2.75) is 33.1 Å². The number of rotatable bonds is 2. The van der Waals surface area contributed by atoms with Gasteiger partial charge in [-0.2, -0.15) is 4.57 Å². The van der Waals surface area contributed by atoms with E-state index >= 15 is 4.39 Å². The van der Waals surface area contributed by atoms with Crippen molar-refractivity contribution in [2.75, 3.05) is 0 Å². The summed E-state index contributed by atoms with van der Waals surface area (Å²) >= 11 is 0. The van der Waals surface area contributed by atoms with Crippen molar-refractivity contribution in [3.05, 3.63) is 120 Å². The van der Waals surface area contributed by atoms with Gasteiger partial charge in [0, 0.05) is 39.5 Å². The van der Waals surface area contributed by atoms with Crippen LogP contribution >= 0.6 is 0 Å². The molecule has 2 nitrogen and oxygen atoms in total. The van der Waals surface area contributed by atoms with Crippen molar-refractivity contribution in [2.24, 2.45) is 7.05 Å². The van der Waals surface area contributed by atoms with Gasteiger partial charge in [0.05, 0.1) is 11.0 Å². The molecule has 7 rings (SSSR count). The van der Waals surface area contributed by atoms with E-state index in [-0.39, 0.29) is 11.2 Å². The Labute approximate surface area is 233 Å². The number of aromatic nitrogens is 2. The number of hydrogen-bond donors (Lipinski definition) is 0. The van der Waals surface area contributed by atoms with Crippen LogP contribution in [0.25, 0.3) is 60.4 Å². The Kier molecular flexibility index (Phi) is 5.37. The van der Waals surface area contributed by atoms with Gasteiger partial charge in [-0.25, -0.2) is 4.39 Å². The average Bonchev–Trinajstić information content (AvgIpc) is 3.29. The molecule has 0 amide bonds. The minimum absolute atomic E-state index is 0.0178. The van der Waals surface area contributed by atoms with Gasteiger partial charge in [-0.1, -0.05) is 75.4 Å². The fourth-order valence-corrected chi connectivity index (χ4v) is 6.45. The first-order chi connectivity index (χ1) is 19.2. The van der Waals surface area contributed by atoms with Gasteiger partial charge in [-0.3, -0.25) is 0 Å². The van der Waals surface area contributed by atoms with Crippen LogP contribution in [-0.4, -0.2) is 4.57 Å². The molecule has 5 aromatic carbocycles. The van der Waals surface area contributed by atoms with Crippen molar-refractivity contribution in [3.63, 3.8) is 0 Å².